The molecule has 1 aliphatic rings. The Morgan fingerprint density at radius 1 is 1.29 bits per heavy atom. The Balaban J connectivity index is 2.14. The van der Waals surface area contributed by atoms with Crippen molar-refractivity contribution in [3.05, 3.63) is 34.3 Å². The molecule has 1 heterocycles. The zero-order chi connectivity index (χ0) is 9.97. The molecule has 1 amide bonds. The summed E-state index contributed by atoms with van der Waals surface area (Å²) in [5, 5.41) is 2.84. The van der Waals surface area contributed by atoms with Crippen molar-refractivity contribution >= 4 is 21.8 Å². The Hall–Kier alpha value is -0.830. The summed E-state index contributed by atoms with van der Waals surface area (Å²) in [4.78, 5) is 11.2. The Kier molecular flexibility index (Phi) is 2.87. The van der Waals surface area contributed by atoms with Gasteiger partial charge in [-0.3, -0.25) is 4.79 Å². The minimum Gasteiger partial charge on any atom is -0.356 e. The fourth-order valence-corrected chi connectivity index (χ4v) is 2.07. The lowest BCUT2D eigenvalue weighted by Gasteiger charge is -2.22. The van der Waals surface area contributed by atoms with Crippen LogP contribution in [0.3, 0.4) is 0 Å². The molecule has 1 fully saturated rings. The first kappa shape index (κ1) is 9.71. The molecule has 1 aromatic rings. The summed E-state index contributed by atoms with van der Waals surface area (Å²) in [6.07, 6.45) is 1.68. The summed E-state index contributed by atoms with van der Waals surface area (Å²) < 4.78 is 1.08. The largest absolute Gasteiger partial charge is 0.356 e. The molecular formula is C11H12BrNO. The smallest absolute Gasteiger partial charge is 0.220 e. The summed E-state index contributed by atoms with van der Waals surface area (Å²) in [6, 6.07) is 8.24. The van der Waals surface area contributed by atoms with E-state index in [0.717, 1.165) is 17.4 Å². The summed E-state index contributed by atoms with van der Waals surface area (Å²) in [7, 11) is 0. The Morgan fingerprint density at radius 2 is 2.00 bits per heavy atom. The molecule has 3 heteroatoms. The van der Waals surface area contributed by atoms with Crippen LogP contribution in [0, 0.1) is 0 Å². The minimum atomic E-state index is 0.171. The van der Waals surface area contributed by atoms with Gasteiger partial charge in [0.05, 0.1) is 0 Å². The van der Waals surface area contributed by atoms with Crippen LogP contribution >= 0.6 is 15.9 Å². The van der Waals surface area contributed by atoms with Crippen molar-refractivity contribution < 1.29 is 4.79 Å². The highest BCUT2D eigenvalue weighted by Gasteiger charge is 2.19. The number of halogens is 1. The molecule has 0 spiro atoms. The van der Waals surface area contributed by atoms with Gasteiger partial charge >= 0.3 is 0 Å². The van der Waals surface area contributed by atoms with Gasteiger partial charge < -0.3 is 5.32 Å². The highest BCUT2D eigenvalue weighted by molar-refractivity contribution is 9.10. The Morgan fingerprint density at radius 3 is 2.64 bits per heavy atom. The van der Waals surface area contributed by atoms with Gasteiger partial charge in [0.1, 0.15) is 0 Å². The first-order valence-electron chi connectivity index (χ1n) is 4.78. The van der Waals surface area contributed by atoms with E-state index in [-0.39, 0.29) is 5.91 Å². The van der Waals surface area contributed by atoms with Crippen LogP contribution in [0.15, 0.2) is 28.7 Å². The summed E-state index contributed by atoms with van der Waals surface area (Å²) in [6.45, 7) is 0.805. The van der Waals surface area contributed by atoms with Crippen molar-refractivity contribution in [2.75, 3.05) is 6.54 Å². The summed E-state index contributed by atoms with van der Waals surface area (Å²) >= 11 is 3.40. The number of piperidine rings is 1. The predicted octanol–water partition coefficient (Wildman–Crippen LogP) is 2.44. The maximum absolute atomic E-state index is 11.2. The third kappa shape index (κ3) is 2.15. The zero-order valence-electron chi connectivity index (χ0n) is 7.79. The maximum atomic E-state index is 11.2. The van der Waals surface area contributed by atoms with E-state index in [1.807, 2.05) is 12.1 Å². The van der Waals surface area contributed by atoms with Gasteiger partial charge in [-0.2, -0.15) is 0 Å². The second kappa shape index (κ2) is 4.13. The van der Waals surface area contributed by atoms with Gasteiger partial charge in [-0.25, -0.2) is 0 Å². The number of benzene rings is 1. The molecule has 1 aromatic carbocycles. The van der Waals surface area contributed by atoms with Crippen LogP contribution in [0.2, 0.25) is 0 Å². The van der Waals surface area contributed by atoms with E-state index in [1.165, 1.54) is 5.56 Å². The third-order valence-corrected chi connectivity index (χ3v) is 3.12. The van der Waals surface area contributed by atoms with Crippen molar-refractivity contribution in [3.8, 4) is 0 Å². The standard InChI is InChI=1S/C11H12BrNO/c12-10-3-1-8(2-4-10)9-5-6-13-11(14)7-9/h1-4,9H,5-7H2,(H,13,14)/t9-/m1/s1. The van der Waals surface area contributed by atoms with Gasteiger partial charge in [-0.1, -0.05) is 28.1 Å². The zero-order valence-corrected chi connectivity index (χ0v) is 9.38. The van der Waals surface area contributed by atoms with E-state index in [9.17, 15) is 4.79 Å². The molecule has 1 N–H and O–H groups in total. The van der Waals surface area contributed by atoms with Crippen LogP contribution in [0.1, 0.15) is 24.3 Å². The van der Waals surface area contributed by atoms with Crippen LogP contribution in [0.4, 0.5) is 0 Å². The lowest BCUT2D eigenvalue weighted by molar-refractivity contribution is -0.122. The van der Waals surface area contributed by atoms with Gasteiger partial charge in [0.2, 0.25) is 5.91 Å². The molecule has 2 nitrogen and oxygen atoms in total. The number of amides is 1. The lowest BCUT2D eigenvalue weighted by atomic mass is 9.90. The molecule has 1 aliphatic heterocycles. The molecule has 0 unspecified atom stereocenters. The van der Waals surface area contributed by atoms with Gasteiger partial charge in [0.15, 0.2) is 0 Å². The monoisotopic (exact) mass is 253 g/mol. The van der Waals surface area contributed by atoms with E-state index >= 15 is 0 Å². The Labute approximate surface area is 91.8 Å². The van der Waals surface area contributed by atoms with Crippen LogP contribution in [-0.2, 0) is 4.79 Å². The number of rotatable bonds is 1. The number of nitrogens with one attached hydrogen (secondary N) is 1. The number of hydrogen-bond acceptors (Lipinski definition) is 1. The number of hydrogen-bond donors (Lipinski definition) is 1. The van der Waals surface area contributed by atoms with E-state index < -0.39 is 0 Å². The number of carbonyl (C=O) groups is 1. The van der Waals surface area contributed by atoms with Crippen LogP contribution < -0.4 is 5.32 Å². The SMILES string of the molecule is O=C1C[C@H](c2ccc(Br)cc2)CCN1. The predicted molar refractivity (Wildman–Crippen MR) is 59.1 cm³/mol. The van der Waals surface area contributed by atoms with Gasteiger partial charge in [-0.05, 0) is 30.0 Å². The molecule has 1 atom stereocenters. The average Bonchev–Trinajstić information content (AvgIpc) is 2.19. The number of carbonyl (C=O) groups excluding carboxylic acids is 1. The molecule has 0 radical (unpaired) electrons. The lowest BCUT2D eigenvalue weighted by Crippen LogP contribution is -2.32. The van der Waals surface area contributed by atoms with Crippen molar-refractivity contribution in [1.29, 1.82) is 0 Å². The van der Waals surface area contributed by atoms with Crippen LogP contribution in [-0.4, -0.2) is 12.5 Å². The van der Waals surface area contributed by atoms with Crippen molar-refractivity contribution in [1.82, 2.24) is 5.32 Å². The first-order valence-corrected chi connectivity index (χ1v) is 5.57. The fourth-order valence-electron chi connectivity index (χ4n) is 1.80. The highest BCUT2D eigenvalue weighted by Crippen LogP contribution is 2.26. The third-order valence-electron chi connectivity index (χ3n) is 2.59. The fraction of sp³-hybridized carbons (Fsp3) is 0.364. The van der Waals surface area contributed by atoms with Gasteiger partial charge in [-0.15, -0.1) is 0 Å². The molecule has 0 bridgehead atoms. The molecule has 1 saturated heterocycles. The van der Waals surface area contributed by atoms with Crippen molar-refractivity contribution in [2.24, 2.45) is 0 Å². The molecule has 0 aliphatic carbocycles. The van der Waals surface area contributed by atoms with Crippen LogP contribution in [0.5, 0.6) is 0 Å². The average molecular weight is 254 g/mol. The Bertz CT molecular complexity index is 334. The molecule has 2 rings (SSSR count). The van der Waals surface area contributed by atoms with Gasteiger partial charge in [0, 0.05) is 17.4 Å². The first-order chi connectivity index (χ1) is 6.75. The summed E-state index contributed by atoms with van der Waals surface area (Å²) in [5.41, 5.74) is 1.27. The summed E-state index contributed by atoms with van der Waals surface area (Å²) in [5.74, 6) is 0.570. The van der Waals surface area contributed by atoms with Crippen molar-refractivity contribution in [2.45, 2.75) is 18.8 Å². The van der Waals surface area contributed by atoms with Gasteiger partial charge in [0.25, 0.3) is 0 Å². The second-order valence-corrected chi connectivity index (χ2v) is 4.51. The van der Waals surface area contributed by atoms with E-state index in [0.29, 0.717) is 12.3 Å². The normalized spacial score (nSPS) is 21.8. The second-order valence-electron chi connectivity index (χ2n) is 3.59. The molecule has 14 heavy (non-hydrogen) atoms. The molecule has 0 aromatic heterocycles. The van der Waals surface area contributed by atoms with E-state index in [1.54, 1.807) is 0 Å². The van der Waals surface area contributed by atoms with Crippen LogP contribution in [0.25, 0.3) is 0 Å². The molecule has 0 saturated carbocycles. The topological polar surface area (TPSA) is 29.1 Å². The molecular weight excluding hydrogens is 242 g/mol. The van der Waals surface area contributed by atoms with E-state index in [2.05, 4.69) is 33.4 Å². The highest BCUT2D eigenvalue weighted by atomic mass is 79.9. The maximum Gasteiger partial charge on any atom is 0.220 e. The van der Waals surface area contributed by atoms with Crippen molar-refractivity contribution in [3.63, 3.8) is 0 Å². The minimum absolute atomic E-state index is 0.171. The van der Waals surface area contributed by atoms with E-state index in [4.69, 9.17) is 0 Å². The quantitative estimate of drug-likeness (QED) is 0.819. The molecule has 74 valence electrons.